The fourth-order valence-corrected chi connectivity index (χ4v) is 4.39. The van der Waals surface area contributed by atoms with Crippen molar-refractivity contribution in [2.45, 2.75) is 17.7 Å². The Balaban J connectivity index is 1.92. The second-order valence-electron chi connectivity index (χ2n) is 5.73. The Morgan fingerprint density at radius 1 is 1.25 bits per heavy atom. The Kier molecular flexibility index (Phi) is 4.35. The molecule has 0 unspecified atom stereocenters. The number of aryl methyl sites for hydroxylation is 1. The zero-order valence-corrected chi connectivity index (χ0v) is 13.5. The standard InChI is InChI=1S/C14H15F3N4O2S/c1-8-18-14(20-19-8)13-7-21(6-9(13)5-15)24(22,23)12-3-10(16)2-11(17)4-12/h2-4,9,13H,5-7H2,1H3,(H,18,19,20)/t9-,13-/m1/s1. The SMILES string of the molecule is Cc1nc([C@@H]2CN(S(=O)(=O)c3cc(F)cc(F)c3)C[C@H]2CF)n[nH]1. The van der Waals surface area contributed by atoms with E-state index in [2.05, 4.69) is 15.2 Å². The van der Waals surface area contributed by atoms with Gasteiger partial charge >= 0.3 is 0 Å². The van der Waals surface area contributed by atoms with E-state index in [1.807, 2.05) is 0 Å². The monoisotopic (exact) mass is 360 g/mol. The van der Waals surface area contributed by atoms with Gasteiger partial charge in [-0.3, -0.25) is 9.49 Å². The summed E-state index contributed by atoms with van der Waals surface area (Å²) < 4.78 is 66.2. The first-order valence-electron chi connectivity index (χ1n) is 7.22. The van der Waals surface area contributed by atoms with Gasteiger partial charge in [0.1, 0.15) is 17.5 Å². The second kappa shape index (κ2) is 6.17. The fraction of sp³-hybridized carbons (Fsp3) is 0.429. The minimum Gasteiger partial charge on any atom is -0.263 e. The van der Waals surface area contributed by atoms with Gasteiger partial charge in [-0.15, -0.1) is 0 Å². The lowest BCUT2D eigenvalue weighted by atomic mass is 9.97. The zero-order chi connectivity index (χ0) is 17.5. The Bertz CT molecular complexity index is 835. The number of benzene rings is 1. The van der Waals surface area contributed by atoms with Gasteiger partial charge in [-0.05, 0) is 19.1 Å². The Hall–Kier alpha value is -1.94. The van der Waals surface area contributed by atoms with Crippen molar-refractivity contribution in [3.63, 3.8) is 0 Å². The van der Waals surface area contributed by atoms with Crippen molar-refractivity contribution in [3.8, 4) is 0 Å². The first-order chi connectivity index (χ1) is 11.3. The molecule has 2 aromatic rings. The van der Waals surface area contributed by atoms with Crippen LogP contribution in [0.3, 0.4) is 0 Å². The van der Waals surface area contributed by atoms with Crippen LogP contribution in [0, 0.1) is 24.5 Å². The fourth-order valence-electron chi connectivity index (χ4n) is 2.83. The van der Waals surface area contributed by atoms with E-state index >= 15 is 0 Å². The molecule has 0 radical (unpaired) electrons. The highest BCUT2D eigenvalue weighted by Crippen LogP contribution is 2.34. The molecule has 24 heavy (non-hydrogen) atoms. The number of alkyl halides is 1. The summed E-state index contributed by atoms with van der Waals surface area (Å²) in [6, 6.07) is 2.08. The van der Waals surface area contributed by atoms with Crippen LogP contribution < -0.4 is 0 Å². The predicted molar refractivity (Wildman–Crippen MR) is 78.4 cm³/mol. The maximum absolute atomic E-state index is 13.3. The molecule has 0 aliphatic carbocycles. The van der Waals surface area contributed by atoms with Crippen LogP contribution in [0.1, 0.15) is 17.6 Å². The molecule has 1 aromatic heterocycles. The van der Waals surface area contributed by atoms with Gasteiger partial charge in [0.2, 0.25) is 10.0 Å². The van der Waals surface area contributed by atoms with Crippen molar-refractivity contribution >= 4 is 10.0 Å². The third-order valence-electron chi connectivity index (χ3n) is 4.03. The summed E-state index contributed by atoms with van der Waals surface area (Å²) in [5.74, 6) is -2.25. The number of halogens is 3. The Labute approximate surface area is 136 Å². The van der Waals surface area contributed by atoms with E-state index in [0.717, 1.165) is 16.4 Å². The number of hydrogen-bond acceptors (Lipinski definition) is 4. The first kappa shape index (κ1) is 16.9. The van der Waals surface area contributed by atoms with Gasteiger partial charge in [-0.25, -0.2) is 22.2 Å². The topological polar surface area (TPSA) is 79.0 Å². The highest BCUT2D eigenvalue weighted by atomic mass is 32.2. The molecule has 2 heterocycles. The van der Waals surface area contributed by atoms with Crippen molar-refractivity contribution in [2.24, 2.45) is 5.92 Å². The summed E-state index contributed by atoms with van der Waals surface area (Å²) in [5, 5.41) is 6.61. The number of hydrogen-bond donors (Lipinski definition) is 1. The predicted octanol–water partition coefficient (Wildman–Crippen LogP) is 1.77. The second-order valence-corrected chi connectivity index (χ2v) is 7.67. The molecule has 10 heteroatoms. The van der Waals surface area contributed by atoms with Gasteiger partial charge in [0, 0.05) is 31.0 Å². The third-order valence-corrected chi connectivity index (χ3v) is 5.84. The maximum Gasteiger partial charge on any atom is 0.243 e. The summed E-state index contributed by atoms with van der Waals surface area (Å²) in [5.41, 5.74) is 0. The normalized spacial score (nSPS) is 22.2. The quantitative estimate of drug-likeness (QED) is 0.901. The molecule has 1 aliphatic rings. The van der Waals surface area contributed by atoms with Crippen LogP contribution in [-0.2, 0) is 10.0 Å². The zero-order valence-electron chi connectivity index (χ0n) is 12.7. The molecule has 3 rings (SSSR count). The summed E-state index contributed by atoms with van der Waals surface area (Å²) >= 11 is 0. The van der Waals surface area contributed by atoms with E-state index in [1.54, 1.807) is 6.92 Å². The van der Waals surface area contributed by atoms with Crippen LogP contribution in [0.5, 0.6) is 0 Å². The van der Waals surface area contributed by atoms with Crippen LogP contribution in [-0.4, -0.2) is 47.7 Å². The van der Waals surface area contributed by atoms with E-state index in [-0.39, 0.29) is 13.1 Å². The van der Waals surface area contributed by atoms with Crippen molar-refractivity contribution in [1.82, 2.24) is 19.5 Å². The van der Waals surface area contributed by atoms with Gasteiger partial charge in [0.15, 0.2) is 5.82 Å². The van der Waals surface area contributed by atoms with E-state index in [1.165, 1.54) is 0 Å². The van der Waals surface area contributed by atoms with Crippen LogP contribution in [0.25, 0.3) is 0 Å². The maximum atomic E-state index is 13.3. The molecule has 0 amide bonds. The number of nitrogens with one attached hydrogen (secondary N) is 1. The number of aromatic amines is 1. The lowest BCUT2D eigenvalue weighted by Gasteiger charge is -2.16. The van der Waals surface area contributed by atoms with Gasteiger partial charge in [0.05, 0.1) is 11.6 Å². The van der Waals surface area contributed by atoms with E-state index in [4.69, 9.17) is 0 Å². The van der Waals surface area contributed by atoms with Crippen LogP contribution >= 0.6 is 0 Å². The van der Waals surface area contributed by atoms with Crippen molar-refractivity contribution in [1.29, 1.82) is 0 Å². The average molecular weight is 360 g/mol. The highest BCUT2D eigenvalue weighted by molar-refractivity contribution is 7.89. The van der Waals surface area contributed by atoms with E-state index in [9.17, 15) is 21.6 Å². The lowest BCUT2D eigenvalue weighted by Crippen LogP contribution is -2.29. The van der Waals surface area contributed by atoms with Crippen LogP contribution in [0.2, 0.25) is 0 Å². The average Bonchev–Trinajstić information content (AvgIpc) is 3.12. The largest absolute Gasteiger partial charge is 0.263 e. The number of sulfonamides is 1. The summed E-state index contributed by atoms with van der Waals surface area (Å²) in [6.07, 6.45) is 0. The summed E-state index contributed by atoms with van der Waals surface area (Å²) in [4.78, 5) is 3.64. The molecule has 1 aliphatic heterocycles. The van der Waals surface area contributed by atoms with Crippen LogP contribution in [0.4, 0.5) is 13.2 Å². The van der Waals surface area contributed by atoms with Gasteiger partial charge in [-0.1, -0.05) is 0 Å². The Morgan fingerprint density at radius 3 is 2.46 bits per heavy atom. The van der Waals surface area contributed by atoms with Gasteiger partial charge < -0.3 is 0 Å². The van der Waals surface area contributed by atoms with Crippen LogP contribution in [0.15, 0.2) is 23.1 Å². The number of nitrogens with zero attached hydrogens (tertiary/aromatic N) is 3. The van der Waals surface area contributed by atoms with Gasteiger partial charge in [0.25, 0.3) is 0 Å². The molecule has 2 atom stereocenters. The molecule has 0 saturated carbocycles. The smallest absolute Gasteiger partial charge is 0.243 e. The number of rotatable bonds is 4. The highest BCUT2D eigenvalue weighted by Gasteiger charge is 2.42. The molecule has 130 valence electrons. The van der Waals surface area contributed by atoms with E-state index in [0.29, 0.717) is 17.7 Å². The molecule has 0 bridgehead atoms. The molecular weight excluding hydrogens is 345 g/mol. The lowest BCUT2D eigenvalue weighted by molar-refractivity contribution is 0.346. The molecule has 1 saturated heterocycles. The molecule has 1 fully saturated rings. The van der Waals surface area contributed by atoms with Crippen molar-refractivity contribution in [3.05, 3.63) is 41.5 Å². The van der Waals surface area contributed by atoms with E-state index < -0.39 is 45.1 Å². The molecule has 0 spiro atoms. The first-order valence-corrected chi connectivity index (χ1v) is 8.66. The molecular formula is C14H15F3N4O2S. The third kappa shape index (κ3) is 3.03. The minimum atomic E-state index is -4.14. The Morgan fingerprint density at radius 2 is 1.92 bits per heavy atom. The summed E-state index contributed by atoms with van der Waals surface area (Å²) in [6.45, 7) is 0.781. The molecule has 6 nitrogen and oxygen atoms in total. The van der Waals surface area contributed by atoms with Crippen molar-refractivity contribution in [2.75, 3.05) is 19.8 Å². The van der Waals surface area contributed by atoms with Gasteiger partial charge in [-0.2, -0.15) is 9.40 Å². The summed E-state index contributed by atoms with van der Waals surface area (Å²) in [7, 11) is -4.14. The number of aromatic nitrogens is 3. The molecule has 1 N–H and O–H groups in total. The number of H-pyrrole nitrogens is 1. The molecule has 1 aromatic carbocycles. The minimum absolute atomic E-state index is 0.0493. The van der Waals surface area contributed by atoms with Crippen molar-refractivity contribution < 1.29 is 21.6 Å².